The summed E-state index contributed by atoms with van der Waals surface area (Å²) in [5, 5.41) is 21.6. The van der Waals surface area contributed by atoms with Crippen molar-refractivity contribution in [3.05, 3.63) is 106 Å². The number of aliphatic hydroxyl groups is 2. The number of benzene rings is 2. The monoisotopic (exact) mass is 595 g/mol. The number of fused-ring (bicyclic) bond motifs is 1. The van der Waals surface area contributed by atoms with E-state index in [1.165, 1.54) is 7.11 Å². The van der Waals surface area contributed by atoms with Gasteiger partial charge in [-0.3, -0.25) is 14.2 Å². The Balaban J connectivity index is 0.00000168. The van der Waals surface area contributed by atoms with Gasteiger partial charge < -0.3 is 20.3 Å². The van der Waals surface area contributed by atoms with E-state index in [1.807, 2.05) is 42.5 Å². The second-order valence-electron chi connectivity index (χ2n) is 12.3. The van der Waals surface area contributed by atoms with Crippen LogP contribution in [0.15, 0.2) is 77.7 Å². The molecule has 4 aromatic rings. The number of hydrogen-bond donors (Lipinski definition) is 3. The van der Waals surface area contributed by atoms with Gasteiger partial charge in [-0.1, -0.05) is 30.3 Å². The lowest BCUT2D eigenvalue weighted by Gasteiger charge is -2.58. The van der Waals surface area contributed by atoms with Crippen LogP contribution in [0.2, 0.25) is 0 Å². The van der Waals surface area contributed by atoms with Crippen LogP contribution in [0.25, 0.3) is 16.7 Å². The summed E-state index contributed by atoms with van der Waals surface area (Å²) in [5.74, 6) is 0.484. The van der Waals surface area contributed by atoms with E-state index >= 15 is 0 Å². The first-order valence-corrected chi connectivity index (χ1v) is 15.1. The van der Waals surface area contributed by atoms with Gasteiger partial charge in [-0.05, 0) is 91.8 Å². The van der Waals surface area contributed by atoms with Gasteiger partial charge in [-0.15, -0.1) is 0 Å². The Morgan fingerprint density at radius 2 is 1.66 bits per heavy atom. The lowest BCUT2D eigenvalue weighted by molar-refractivity contribution is -0.136. The molecule has 4 unspecified atom stereocenters. The Labute approximate surface area is 255 Å². The van der Waals surface area contributed by atoms with E-state index in [-0.39, 0.29) is 29.5 Å². The van der Waals surface area contributed by atoms with Gasteiger partial charge in [0.1, 0.15) is 11.3 Å². The lowest BCUT2D eigenvalue weighted by atomic mass is 9.52. The van der Waals surface area contributed by atoms with Crippen LogP contribution < -0.4 is 10.7 Å². The minimum atomic E-state index is -0.630. The molecule has 228 valence electrons. The second kappa shape index (κ2) is 12.0. The number of para-hydroxylation sites is 1. The number of rotatable bonds is 6. The zero-order valence-corrected chi connectivity index (χ0v) is 24.9. The molecule has 44 heavy (non-hydrogen) atoms. The van der Waals surface area contributed by atoms with Gasteiger partial charge in [-0.2, -0.15) is 0 Å². The van der Waals surface area contributed by atoms with Crippen LogP contribution >= 0.6 is 0 Å². The Morgan fingerprint density at radius 1 is 0.977 bits per heavy atom. The van der Waals surface area contributed by atoms with Crippen LogP contribution in [-0.2, 0) is 11.2 Å². The molecule has 4 bridgehead atoms. The van der Waals surface area contributed by atoms with Crippen molar-refractivity contribution in [1.29, 1.82) is 0 Å². The fourth-order valence-corrected chi connectivity index (χ4v) is 8.00. The Hall–Kier alpha value is -4.34. The van der Waals surface area contributed by atoms with Gasteiger partial charge >= 0.3 is 5.97 Å². The SMILES string of the molecule is CO.COC(=O)c1c(Cc2ccc(C(=O)NC3C4CC5C[C@@H]3CC(O)(C5)C4)cc2)c(=O)c2cccnc2n1-c1ccccc1. The highest BCUT2D eigenvalue weighted by Gasteiger charge is 2.55. The first-order chi connectivity index (χ1) is 21.3. The Morgan fingerprint density at radius 3 is 2.30 bits per heavy atom. The molecule has 3 N–H and O–H groups in total. The first-order valence-electron chi connectivity index (χ1n) is 15.1. The maximum absolute atomic E-state index is 13.8. The van der Waals surface area contributed by atoms with E-state index in [4.69, 9.17) is 9.84 Å². The summed E-state index contributed by atoms with van der Waals surface area (Å²) in [7, 11) is 2.30. The molecule has 0 spiro atoms. The summed E-state index contributed by atoms with van der Waals surface area (Å²) in [6.07, 6.45) is 6.37. The van der Waals surface area contributed by atoms with E-state index in [0.29, 0.717) is 45.6 Å². The molecule has 9 heteroatoms. The van der Waals surface area contributed by atoms with Crippen molar-refractivity contribution in [3.8, 4) is 5.69 Å². The Bertz CT molecular complexity index is 1730. The van der Waals surface area contributed by atoms with E-state index in [0.717, 1.165) is 44.8 Å². The summed E-state index contributed by atoms with van der Waals surface area (Å²) in [5.41, 5.74) is 2.00. The number of nitrogens with one attached hydrogen (secondary N) is 1. The minimum Gasteiger partial charge on any atom is -0.464 e. The van der Waals surface area contributed by atoms with Crippen LogP contribution in [0.4, 0.5) is 0 Å². The maximum Gasteiger partial charge on any atom is 0.355 e. The van der Waals surface area contributed by atoms with E-state index in [2.05, 4.69) is 10.3 Å². The van der Waals surface area contributed by atoms with Gasteiger partial charge in [0.15, 0.2) is 5.43 Å². The number of carbonyl (C=O) groups excluding carboxylic acids is 2. The van der Waals surface area contributed by atoms with Crippen molar-refractivity contribution in [1.82, 2.24) is 14.9 Å². The molecular weight excluding hydrogens is 558 g/mol. The molecule has 4 saturated carbocycles. The first kappa shape index (κ1) is 29.7. The van der Waals surface area contributed by atoms with Crippen molar-refractivity contribution >= 4 is 22.9 Å². The highest BCUT2D eigenvalue weighted by Crippen LogP contribution is 2.55. The standard InChI is InChI=1S/C34H33N3O5.CH4O/c1-42-33(40)29-27(30(38)26-8-5-13-35-31(26)37(29)25-6-3-2-4-7-25)16-20-9-11-22(12-10-20)32(39)36-28-23-14-21-15-24(28)19-34(41,17-21)18-23;1-2/h2-13,21,23-24,28,41H,14-19H2,1H3,(H,36,39);2H,1H3/t21?,23-,24?,28?,34?;/m1./s1. The largest absolute Gasteiger partial charge is 0.464 e. The average Bonchev–Trinajstić information content (AvgIpc) is 3.04. The average molecular weight is 596 g/mol. The van der Waals surface area contributed by atoms with Crippen LogP contribution in [0, 0.1) is 17.8 Å². The van der Waals surface area contributed by atoms with Crippen molar-refractivity contribution in [2.75, 3.05) is 14.2 Å². The van der Waals surface area contributed by atoms with Gasteiger partial charge in [0.2, 0.25) is 0 Å². The van der Waals surface area contributed by atoms with Gasteiger partial charge in [-0.25, -0.2) is 9.78 Å². The zero-order valence-electron chi connectivity index (χ0n) is 24.9. The van der Waals surface area contributed by atoms with Crippen LogP contribution in [0.3, 0.4) is 0 Å². The topological polar surface area (TPSA) is 131 Å². The predicted molar refractivity (Wildman–Crippen MR) is 166 cm³/mol. The number of pyridine rings is 2. The van der Waals surface area contributed by atoms with Crippen LogP contribution in [0.1, 0.15) is 64.1 Å². The van der Waals surface area contributed by atoms with Crippen molar-refractivity contribution in [2.24, 2.45) is 17.8 Å². The van der Waals surface area contributed by atoms with Gasteiger partial charge in [0.05, 0.1) is 18.1 Å². The molecule has 4 fully saturated rings. The highest BCUT2D eigenvalue weighted by molar-refractivity contribution is 5.95. The summed E-state index contributed by atoms with van der Waals surface area (Å²) in [4.78, 5) is 44.7. The summed E-state index contributed by atoms with van der Waals surface area (Å²) in [6.45, 7) is 0. The summed E-state index contributed by atoms with van der Waals surface area (Å²) >= 11 is 0. The molecule has 4 aliphatic carbocycles. The molecule has 9 nitrogen and oxygen atoms in total. The number of aromatic nitrogens is 2. The smallest absolute Gasteiger partial charge is 0.355 e. The molecule has 2 heterocycles. The number of amides is 1. The van der Waals surface area contributed by atoms with Crippen molar-refractivity contribution in [2.45, 2.75) is 50.2 Å². The molecule has 0 aliphatic heterocycles. The normalized spacial score (nSPS) is 24.8. The molecular formula is C35H37N3O6. The molecule has 2 aromatic carbocycles. The number of aliphatic hydroxyl groups excluding tert-OH is 1. The van der Waals surface area contributed by atoms with Gasteiger partial charge in [0, 0.05) is 42.6 Å². The molecule has 0 radical (unpaired) electrons. The fraction of sp³-hybridized carbons (Fsp3) is 0.371. The van der Waals surface area contributed by atoms with E-state index < -0.39 is 11.6 Å². The third-order valence-corrected chi connectivity index (χ3v) is 9.56. The molecule has 5 atom stereocenters. The van der Waals surface area contributed by atoms with Crippen LogP contribution in [0.5, 0.6) is 0 Å². The summed E-state index contributed by atoms with van der Waals surface area (Å²) < 4.78 is 6.84. The van der Waals surface area contributed by atoms with Crippen LogP contribution in [-0.4, -0.2) is 57.5 Å². The third-order valence-electron chi connectivity index (χ3n) is 9.56. The van der Waals surface area contributed by atoms with E-state index in [1.54, 1.807) is 35.0 Å². The van der Waals surface area contributed by atoms with Gasteiger partial charge in [0.25, 0.3) is 5.91 Å². The zero-order chi connectivity index (χ0) is 31.0. The molecule has 4 aliphatic rings. The van der Waals surface area contributed by atoms with E-state index in [9.17, 15) is 19.5 Å². The number of ether oxygens (including phenoxy) is 1. The number of methoxy groups -OCH3 is 1. The fourth-order valence-electron chi connectivity index (χ4n) is 8.00. The second-order valence-corrected chi connectivity index (χ2v) is 12.3. The number of esters is 1. The highest BCUT2D eigenvalue weighted by atomic mass is 16.5. The predicted octanol–water partition coefficient (Wildman–Crippen LogP) is 4.04. The van der Waals surface area contributed by atoms with Crippen molar-refractivity contribution < 1.29 is 24.5 Å². The maximum atomic E-state index is 13.8. The lowest BCUT2D eigenvalue weighted by Crippen LogP contribution is -2.61. The Kier molecular flexibility index (Phi) is 8.09. The number of hydrogen-bond acceptors (Lipinski definition) is 7. The molecule has 0 saturated heterocycles. The molecule has 1 amide bonds. The molecule has 8 rings (SSSR count). The minimum absolute atomic E-state index is 0.0966. The molecule has 2 aromatic heterocycles. The quantitative estimate of drug-likeness (QED) is 0.287. The summed E-state index contributed by atoms with van der Waals surface area (Å²) in [6, 6.07) is 20.0. The third kappa shape index (κ3) is 5.31. The number of nitrogens with zero attached hydrogens (tertiary/aromatic N) is 2. The van der Waals surface area contributed by atoms with Crippen molar-refractivity contribution in [3.63, 3.8) is 0 Å². The number of carbonyl (C=O) groups is 2.